The number of aromatic nitrogens is 1. The fourth-order valence-corrected chi connectivity index (χ4v) is 7.61. The summed E-state index contributed by atoms with van der Waals surface area (Å²) in [5.74, 6) is -2.23. The fourth-order valence-electron chi connectivity index (χ4n) is 6.82. The molecular weight excluding hydrogens is 709 g/mol. The zero-order chi connectivity index (χ0) is 39.9. The first-order valence-electron chi connectivity index (χ1n) is 19.4. The van der Waals surface area contributed by atoms with Gasteiger partial charge in [0.2, 0.25) is 17.7 Å². The van der Waals surface area contributed by atoms with Gasteiger partial charge in [-0.05, 0) is 81.6 Å². The van der Waals surface area contributed by atoms with E-state index < -0.39 is 29.9 Å². The highest BCUT2D eigenvalue weighted by Crippen LogP contribution is 2.24. The number of aryl methyl sites for hydroxylation is 1. The van der Waals surface area contributed by atoms with Crippen LogP contribution in [0.3, 0.4) is 0 Å². The van der Waals surface area contributed by atoms with E-state index in [9.17, 15) is 29.1 Å². The Kier molecular flexibility index (Phi) is 17.9. The van der Waals surface area contributed by atoms with E-state index in [-0.39, 0.29) is 66.2 Å². The van der Waals surface area contributed by atoms with Crippen molar-refractivity contribution in [3.05, 3.63) is 45.9 Å². The normalized spacial score (nSPS) is 17.5. The summed E-state index contributed by atoms with van der Waals surface area (Å²) in [5, 5.41) is 18.2. The molecule has 1 aromatic carbocycles. The second-order valence-electron chi connectivity index (χ2n) is 15.1. The van der Waals surface area contributed by atoms with E-state index in [1.807, 2.05) is 46.6 Å². The summed E-state index contributed by atoms with van der Waals surface area (Å²) >= 11 is 1.34. The Morgan fingerprint density at radius 3 is 2.39 bits per heavy atom. The van der Waals surface area contributed by atoms with Crippen LogP contribution in [-0.4, -0.2) is 94.0 Å². The van der Waals surface area contributed by atoms with Crippen LogP contribution in [0.1, 0.15) is 114 Å². The van der Waals surface area contributed by atoms with Crippen molar-refractivity contribution in [2.45, 2.75) is 130 Å². The number of benzene rings is 1. The average molecular weight is 771 g/mol. The van der Waals surface area contributed by atoms with Crippen LogP contribution in [0, 0.1) is 17.8 Å². The van der Waals surface area contributed by atoms with Crippen molar-refractivity contribution in [1.82, 2.24) is 25.4 Å². The maximum Gasteiger partial charge on any atom is 0.307 e. The molecule has 0 spiro atoms. The number of piperidine rings is 1. The van der Waals surface area contributed by atoms with E-state index in [4.69, 9.17) is 10.5 Å². The van der Waals surface area contributed by atoms with Gasteiger partial charge in [0.05, 0.1) is 11.0 Å². The predicted molar refractivity (Wildman–Crippen MR) is 209 cm³/mol. The number of ether oxygens (including phenoxy) is 1. The van der Waals surface area contributed by atoms with E-state index >= 15 is 0 Å². The highest BCUT2D eigenvalue weighted by molar-refractivity contribution is 7.09. The minimum Gasteiger partial charge on any atom is -0.508 e. The molecule has 1 aliphatic rings. The Morgan fingerprint density at radius 1 is 1.07 bits per heavy atom. The molecule has 54 heavy (non-hydrogen) atoms. The van der Waals surface area contributed by atoms with Crippen LogP contribution in [-0.2, 0) is 36.8 Å². The van der Waals surface area contributed by atoms with Crippen LogP contribution in [0.25, 0.3) is 0 Å². The minimum absolute atomic E-state index is 0.0350. The van der Waals surface area contributed by atoms with E-state index in [2.05, 4.69) is 15.6 Å². The third kappa shape index (κ3) is 13.4. The zero-order valence-electron chi connectivity index (χ0n) is 33.1. The summed E-state index contributed by atoms with van der Waals surface area (Å²) < 4.78 is 5.65. The second kappa shape index (κ2) is 21.7. The van der Waals surface area contributed by atoms with Crippen molar-refractivity contribution in [1.29, 1.82) is 0 Å². The molecule has 1 aliphatic heterocycles. The Morgan fingerprint density at radius 2 is 1.78 bits per heavy atom. The largest absolute Gasteiger partial charge is 0.508 e. The highest BCUT2D eigenvalue weighted by atomic mass is 32.1. The van der Waals surface area contributed by atoms with Gasteiger partial charge in [0, 0.05) is 36.2 Å². The topological polar surface area (TPSA) is 184 Å². The fraction of sp³-hybridized carbons (Fsp3) is 0.650. The van der Waals surface area contributed by atoms with Gasteiger partial charge in [-0.25, -0.2) is 4.98 Å². The van der Waals surface area contributed by atoms with Crippen molar-refractivity contribution in [2.75, 3.05) is 20.3 Å². The molecule has 2 aromatic rings. The third-order valence-electron chi connectivity index (χ3n) is 10.4. The standard InChI is InChI=1S/C40H62N6O7S/c1-8-12-35(48)53-24-46(40(52)36(26(5)9-2)44-39(51)33-13-10-11-20-45(33)7)32(25(3)4)18-19-34-43-31(23-54-34)38(50)42-29(21-27(6)37(41)49)22-28-14-16-30(47)17-15-28/h14-17,23,25-27,29,32-33,36,47H,8-13,18-22,24H2,1-7H3,(H2,41,49)(H,42,50)(H,44,51)/t26?,27-,29+,32+,33?,36-/m0/s1. The average Bonchev–Trinajstić information content (AvgIpc) is 3.61. The molecule has 1 fully saturated rings. The van der Waals surface area contributed by atoms with Crippen LogP contribution in [0.15, 0.2) is 29.6 Å². The summed E-state index contributed by atoms with van der Waals surface area (Å²) in [4.78, 5) is 74.2. The number of hydrogen-bond acceptors (Lipinski definition) is 10. The SMILES string of the molecule is CCCC(=O)OCN(C(=O)[C@@H](NC(=O)C1CCCCN1C)C(C)CC)[C@H](CCc1nc(C(=O)N[C@@H](Cc2ccc(O)cc2)C[C@H](C)C(N)=O)cs1)C(C)C. The smallest absolute Gasteiger partial charge is 0.307 e. The monoisotopic (exact) mass is 770 g/mol. The number of nitrogens with two attached hydrogens (primary N) is 1. The van der Waals surface area contributed by atoms with Gasteiger partial charge in [-0.15, -0.1) is 11.3 Å². The molecular formula is C40H62N6O7S. The lowest BCUT2D eigenvalue weighted by Gasteiger charge is -2.39. The maximum atomic E-state index is 14.5. The number of likely N-dealkylation sites (tertiary alicyclic amines) is 1. The van der Waals surface area contributed by atoms with Crippen molar-refractivity contribution < 1.29 is 33.8 Å². The lowest BCUT2D eigenvalue weighted by molar-refractivity contribution is -0.159. The summed E-state index contributed by atoms with van der Waals surface area (Å²) in [6.45, 7) is 12.2. The van der Waals surface area contributed by atoms with Gasteiger partial charge in [0.25, 0.3) is 5.91 Å². The Labute approximate surface area is 324 Å². The highest BCUT2D eigenvalue weighted by Gasteiger charge is 2.37. The minimum atomic E-state index is -0.800. The summed E-state index contributed by atoms with van der Waals surface area (Å²) in [6.07, 6.45) is 5.92. The number of likely N-dealkylation sites (N-methyl/N-ethyl adjacent to an activating group) is 1. The molecule has 0 bridgehead atoms. The number of nitrogens with one attached hydrogen (secondary N) is 2. The first kappa shape index (κ1) is 44.4. The van der Waals surface area contributed by atoms with E-state index in [1.54, 1.807) is 41.5 Å². The molecule has 6 atom stereocenters. The zero-order valence-corrected chi connectivity index (χ0v) is 34.0. The lowest BCUT2D eigenvalue weighted by atomic mass is 9.93. The van der Waals surface area contributed by atoms with Crippen LogP contribution >= 0.6 is 11.3 Å². The number of phenolic OH excluding ortho intramolecular Hbond substituents is 1. The van der Waals surface area contributed by atoms with Gasteiger partial charge in [-0.2, -0.15) is 0 Å². The molecule has 2 heterocycles. The number of aromatic hydroxyl groups is 1. The molecule has 300 valence electrons. The molecule has 0 radical (unpaired) electrons. The van der Waals surface area contributed by atoms with Crippen molar-refractivity contribution in [3.63, 3.8) is 0 Å². The molecule has 2 unspecified atom stereocenters. The second-order valence-corrected chi connectivity index (χ2v) is 16.1. The number of rotatable bonds is 21. The van der Waals surface area contributed by atoms with Gasteiger partial charge < -0.3 is 31.1 Å². The molecule has 3 rings (SSSR count). The molecule has 1 saturated heterocycles. The summed E-state index contributed by atoms with van der Waals surface area (Å²) in [7, 11) is 1.94. The first-order chi connectivity index (χ1) is 25.6. The van der Waals surface area contributed by atoms with Crippen molar-refractivity contribution in [3.8, 4) is 5.75 Å². The van der Waals surface area contributed by atoms with Crippen LogP contribution in [0.5, 0.6) is 5.75 Å². The third-order valence-corrected chi connectivity index (χ3v) is 11.3. The maximum absolute atomic E-state index is 14.5. The lowest BCUT2D eigenvalue weighted by Crippen LogP contribution is -2.59. The number of amides is 4. The number of esters is 1. The molecule has 14 heteroatoms. The summed E-state index contributed by atoms with van der Waals surface area (Å²) in [5.41, 5.74) is 6.66. The van der Waals surface area contributed by atoms with Crippen molar-refractivity contribution in [2.24, 2.45) is 23.5 Å². The number of carbonyl (C=O) groups is 5. The molecule has 5 N–H and O–H groups in total. The van der Waals surface area contributed by atoms with Gasteiger partial charge in [-0.1, -0.05) is 66.5 Å². The molecule has 0 aliphatic carbocycles. The van der Waals surface area contributed by atoms with E-state index in [0.717, 1.165) is 31.4 Å². The molecule has 13 nitrogen and oxygen atoms in total. The molecule has 1 aromatic heterocycles. The Bertz CT molecular complexity index is 1530. The number of carbonyl (C=O) groups excluding carboxylic acids is 5. The number of phenols is 1. The number of thiazole rings is 1. The van der Waals surface area contributed by atoms with Gasteiger partial charge in [-0.3, -0.25) is 28.9 Å². The van der Waals surface area contributed by atoms with Gasteiger partial charge >= 0.3 is 5.97 Å². The Balaban J connectivity index is 1.80. The predicted octanol–water partition coefficient (Wildman–Crippen LogP) is 4.80. The van der Waals surface area contributed by atoms with Crippen LogP contribution < -0.4 is 16.4 Å². The quantitative estimate of drug-likeness (QED) is 0.102. The number of hydrogen-bond donors (Lipinski definition) is 4. The first-order valence-corrected chi connectivity index (χ1v) is 20.3. The van der Waals surface area contributed by atoms with Gasteiger partial charge in [0.15, 0.2) is 6.73 Å². The van der Waals surface area contributed by atoms with Crippen LogP contribution in [0.2, 0.25) is 0 Å². The van der Waals surface area contributed by atoms with E-state index in [0.29, 0.717) is 43.5 Å². The number of primary amides is 1. The molecule has 4 amide bonds. The van der Waals surface area contributed by atoms with E-state index in [1.165, 1.54) is 11.3 Å². The van der Waals surface area contributed by atoms with Crippen LogP contribution in [0.4, 0.5) is 0 Å². The van der Waals surface area contributed by atoms with Crippen molar-refractivity contribution >= 4 is 40.9 Å². The molecule has 0 saturated carbocycles. The number of nitrogens with zero attached hydrogens (tertiary/aromatic N) is 3. The Hall–Kier alpha value is -4.04. The van der Waals surface area contributed by atoms with Gasteiger partial charge in [0.1, 0.15) is 17.5 Å². The summed E-state index contributed by atoms with van der Waals surface area (Å²) in [6, 6.07) is 4.80.